The largest absolute Gasteiger partial charge is 0.356 e. The molecule has 1 aliphatic rings. The van der Waals surface area contributed by atoms with Gasteiger partial charge < -0.3 is 5.32 Å². The van der Waals surface area contributed by atoms with Gasteiger partial charge in [-0.15, -0.1) is 0 Å². The first kappa shape index (κ1) is 22.5. The van der Waals surface area contributed by atoms with Crippen LogP contribution in [0.4, 0.5) is 0 Å². The zero-order valence-electron chi connectivity index (χ0n) is 18.1. The maximum Gasteiger partial charge on any atom is 0.243 e. The van der Waals surface area contributed by atoms with E-state index < -0.39 is 10.0 Å². The predicted molar refractivity (Wildman–Crippen MR) is 120 cm³/mol. The van der Waals surface area contributed by atoms with Gasteiger partial charge in [-0.1, -0.05) is 48.0 Å². The van der Waals surface area contributed by atoms with E-state index in [1.807, 2.05) is 51.1 Å². The smallest absolute Gasteiger partial charge is 0.243 e. The summed E-state index contributed by atoms with van der Waals surface area (Å²) in [6.07, 6.45) is 2.96. The van der Waals surface area contributed by atoms with Gasteiger partial charge in [0.1, 0.15) is 0 Å². The molecule has 1 heterocycles. The van der Waals surface area contributed by atoms with Gasteiger partial charge in [-0.25, -0.2) is 8.42 Å². The molecule has 1 saturated heterocycles. The van der Waals surface area contributed by atoms with Crippen molar-refractivity contribution in [1.82, 2.24) is 9.62 Å². The molecule has 0 radical (unpaired) electrons. The van der Waals surface area contributed by atoms with Gasteiger partial charge in [-0.3, -0.25) is 4.79 Å². The molecule has 0 aromatic heterocycles. The van der Waals surface area contributed by atoms with Crippen LogP contribution in [0, 0.1) is 26.7 Å². The Morgan fingerprint density at radius 2 is 1.63 bits per heavy atom. The fraction of sp³-hybridized carbons (Fsp3) is 0.458. The minimum absolute atomic E-state index is 0.0443. The van der Waals surface area contributed by atoms with Gasteiger partial charge in [0, 0.05) is 25.6 Å². The van der Waals surface area contributed by atoms with E-state index in [-0.39, 0.29) is 11.8 Å². The molecule has 5 nitrogen and oxygen atoms in total. The first-order valence-corrected chi connectivity index (χ1v) is 12.1. The maximum atomic E-state index is 13.2. The molecule has 0 bridgehead atoms. The van der Waals surface area contributed by atoms with E-state index in [9.17, 15) is 13.2 Å². The lowest BCUT2D eigenvalue weighted by Crippen LogP contribution is -2.43. The molecule has 162 valence electrons. The molecule has 1 aliphatic heterocycles. The van der Waals surface area contributed by atoms with Gasteiger partial charge in [0.05, 0.1) is 4.90 Å². The highest BCUT2D eigenvalue weighted by molar-refractivity contribution is 7.89. The highest BCUT2D eigenvalue weighted by Crippen LogP contribution is 2.28. The number of nitrogens with zero attached hydrogens (tertiary/aromatic N) is 1. The van der Waals surface area contributed by atoms with Crippen LogP contribution in [0.15, 0.2) is 47.4 Å². The summed E-state index contributed by atoms with van der Waals surface area (Å²) in [4.78, 5) is 12.9. The van der Waals surface area contributed by atoms with E-state index in [0.717, 1.165) is 29.5 Å². The third kappa shape index (κ3) is 5.29. The van der Waals surface area contributed by atoms with Crippen LogP contribution in [0.2, 0.25) is 0 Å². The summed E-state index contributed by atoms with van der Waals surface area (Å²) < 4.78 is 27.9. The fourth-order valence-corrected chi connectivity index (χ4v) is 6.24. The molecule has 2 aromatic rings. The second-order valence-corrected chi connectivity index (χ2v) is 10.2. The summed E-state index contributed by atoms with van der Waals surface area (Å²) in [5, 5.41) is 3.03. The highest BCUT2D eigenvalue weighted by atomic mass is 32.2. The molecule has 1 amide bonds. The topological polar surface area (TPSA) is 66.5 Å². The Labute approximate surface area is 180 Å². The van der Waals surface area contributed by atoms with Gasteiger partial charge >= 0.3 is 0 Å². The summed E-state index contributed by atoms with van der Waals surface area (Å²) in [5.74, 6) is -0.0730. The second kappa shape index (κ2) is 9.75. The third-order valence-electron chi connectivity index (χ3n) is 5.81. The Morgan fingerprint density at radius 1 is 1.03 bits per heavy atom. The van der Waals surface area contributed by atoms with Crippen molar-refractivity contribution in [3.8, 4) is 0 Å². The van der Waals surface area contributed by atoms with Crippen molar-refractivity contribution in [2.45, 2.75) is 51.3 Å². The van der Waals surface area contributed by atoms with Crippen LogP contribution in [-0.4, -0.2) is 38.3 Å². The zero-order chi connectivity index (χ0) is 21.7. The number of benzene rings is 2. The van der Waals surface area contributed by atoms with E-state index in [1.54, 1.807) is 0 Å². The zero-order valence-corrected chi connectivity index (χ0v) is 19.0. The average Bonchev–Trinajstić information content (AvgIpc) is 2.71. The molecule has 1 N–H and O–H groups in total. The quantitative estimate of drug-likeness (QED) is 0.683. The number of carbonyl (C=O) groups excluding carboxylic acids is 1. The minimum Gasteiger partial charge on any atom is -0.356 e. The van der Waals surface area contributed by atoms with Crippen LogP contribution >= 0.6 is 0 Å². The van der Waals surface area contributed by atoms with Crippen molar-refractivity contribution in [2.75, 3.05) is 19.6 Å². The minimum atomic E-state index is -3.54. The highest BCUT2D eigenvalue weighted by Gasteiger charge is 2.33. The van der Waals surface area contributed by atoms with Gasteiger partial charge in [0.25, 0.3) is 0 Å². The van der Waals surface area contributed by atoms with E-state index in [1.165, 1.54) is 9.87 Å². The van der Waals surface area contributed by atoms with Crippen molar-refractivity contribution in [3.05, 3.63) is 64.7 Å². The summed E-state index contributed by atoms with van der Waals surface area (Å²) >= 11 is 0. The summed E-state index contributed by atoms with van der Waals surface area (Å²) in [6.45, 7) is 7.09. The van der Waals surface area contributed by atoms with Gasteiger partial charge in [0.15, 0.2) is 0 Å². The van der Waals surface area contributed by atoms with Crippen LogP contribution in [0.25, 0.3) is 0 Å². The molecule has 1 fully saturated rings. The van der Waals surface area contributed by atoms with E-state index in [2.05, 4.69) is 17.4 Å². The van der Waals surface area contributed by atoms with E-state index in [4.69, 9.17) is 0 Å². The Balaban J connectivity index is 1.51. The summed E-state index contributed by atoms with van der Waals surface area (Å²) in [5.41, 5.74) is 3.90. The lowest BCUT2D eigenvalue weighted by Gasteiger charge is -2.31. The van der Waals surface area contributed by atoms with Gasteiger partial charge in [-0.2, -0.15) is 4.31 Å². The van der Waals surface area contributed by atoms with Crippen molar-refractivity contribution < 1.29 is 13.2 Å². The standard InChI is InChI=1S/C24H32N2O3S/c1-18-16-19(2)23(20(3)17-18)30(28,29)26-14-11-22(12-15-26)24(27)25-13-7-10-21-8-5-4-6-9-21/h4-6,8-9,16-17,22H,7,10-15H2,1-3H3,(H,25,27). The molecule has 6 heteroatoms. The van der Waals surface area contributed by atoms with Crippen molar-refractivity contribution in [3.63, 3.8) is 0 Å². The fourth-order valence-electron chi connectivity index (χ4n) is 4.35. The van der Waals surface area contributed by atoms with Crippen LogP contribution in [0.3, 0.4) is 0 Å². The number of aryl methyl sites for hydroxylation is 4. The summed E-state index contributed by atoms with van der Waals surface area (Å²) in [6, 6.07) is 14.1. The lowest BCUT2D eigenvalue weighted by molar-refractivity contribution is -0.126. The molecular weight excluding hydrogens is 396 g/mol. The molecule has 30 heavy (non-hydrogen) atoms. The number of carbonyl (C=O) groups is 1. The first-order chi connectivity index (χ1) is 14.3. The maximum absolute atomic E-state index is 13.2. The van der Waals surface area contributed by atoms with Gasteiger partial charge in [-0.05, 0) is 63.1 Å². The number of rotatable bonds is 7. The molecule has 0 aliphatic carbocycles. The molecule has 0 unspecified atom stereocenters. The first-order valence-electron chi connectivity index (χ1n) is 10.7. The normalized spacial score (nSPS) is 15.8. The Morgan fingerprint density at radius 3 is 2.23 bits per heavy atom. The number of sulfonamides is 1. The van der Waals surface area contributed by atoms with Gasteiger partial charge in [0.2, 0.25) is 15.9 Å². The lowest BCUT2D eigenvalue weighted by atomic mass is 9.97. The monoisotopic (exact) mass is 428 g/mol. The number of nitrogens with one attached hydrogen (secondary N) is 1. The Bertz CT molecular complexity index is 956. The number of amides is 1. The summed E-state index contributed by atoms with van der Waals surface area (Å²) in [7, 11) is -3.54. The van der Waals surface area contributed by atoms with Crippen LogP contribution in [0.1, 0.15) is 41.5 Å². The second-order valence-electron chi connectivity index (χ2n) is 8.29. The Kier molecular flexibility index (Phi) is 7.32. The number of piperidine rings is 1. The van der Waals surface area contributed by atoms with E-state index in [0.29, 0.717) is 37.4 Å². The molecule has 2 aromatic carbocycles. The van der Waals surface area contributed by atoms with E-state index >= 15 is 0 Å². The molecular formula is C24H32N2O3S. The molecule has 0 saturated carbocycles. The van der Waals surface area contributed by atoms with Crippen LogP contribution in [0.5, 0.6) is 0 Å². The van der Waals surface area contributed by atoms with Crippen molar-refractivity contribution >= 4 is 15.9 Å². The van der Waals surface area contributed by atoms with Crippen molar-refractivity contribution in [2.24, 2.45) is 5.92 Å². The predicted octanol–water partition coefficient (Wildman–Crippen LogP) is 3.76. The number of hydrogen-bond donors (Lipinski definition) is 1. The van der Waals surface area contributed by atoms with Crippen molar-refractivity contribution in [1.29, 1.82) is 0 Å². The third-order valence-corrected chi connectivity index (χ3v) is 8.02. The molecule has 3 rings (SSSR count). The number of hydrogen-bond acceptors (Lipinski definition) is 3. The Hall–Kier alpha value is -2.18. The average molecular weight is 429 g/mol. The molecule has 0 atom stereocenters. The SMILES string of the molecule is Cc1cc(C)c(S(=O)(=O)N2CCC(C(=O)NCCCc3ccccc3)CC2)c(C)c1. The van der Waals surface area contributed by atoms with Crippen LogP contribution in [-0.2, 0) is 21.2 Å². The molecule has 0 spiro atoms. The van der Waals surface area contributed by atoms with Crippen LogP contribution < -0.4 is 5.32 Å².